The Labute approximate surface area is 126 Å². The third-order valence-corrected chi connectivity index (χ3v) is 4.17. The molecule has 2 aromatic rings. The molecule has 0 aromatic heterocycles. The highest BCUT2D eigenvalue weighted by molar-refractivity contribution is 5.65. The maximum Gasteiger partial charge on any atom is 0.0991 e. The molecule has 0 bridgehead atoms. The van der Waals surface area contributed by atoms with Crippen molar-refractivity contribution in [3.63, 3.8) is 0 Å². The first kappa shape index (κ1) is 13.9. The fourth-order valence-electron chi connectivity index (χ4n) is 3.00. The van der Waals surface area contributed by atoms with Gasteiger partial charge in [0.1, 0.15) is 0 Å². The molecular weight excluding hydrogens is 256 g/mol. The van der Waals surface area contributed by atoms with E-state index in [-0.39, 0.29) is 0 Å². The van der Waals surface area contributed by atoms with Crippen molar-refractivity contribution in [1.29, 1.82) is 5.26 Å². The Bertz CT molecular complexity index is 631. The van der Waals surface area contributed by atoms with Gasteiger partial charge in [-0.25, -0.2) is 0 Å². The van der Waals surface area contributed by atoms with Crippen LogP contribution >= 0.6 is 0 Å². The quantitative estimate of drug-likeness (QED) is 0.922. The number of nitrogens with zero attached hydrogens (tertiary/aromatic N) is 1. The first-order chi connectivity index (χ1) is 10.3. The van der Waals surface area contributed by atoms with Gasteiger partial charge in [-0.2, -0.15) is 5.26 Å². The van der Waals surface area contributed by atoms with Crippen molar-refractivity contribution in [2.75, 3.05) is 6.54 Å². The van der Waals surface area contributed by atoms with E-state index in [1.807, 2.05) is 24.3 Å². The standard InChI is InChI=1S/C19H20N2/c20-14-15-7-9-17(10-8-15)18-5-3-4-16(12-18)13-19-6-1-2-11-21-19/h3-5,7-10,12,19,21H,1-2,6,11,13H2/t19-/m0/s1. The van der Waals surface area contributed by atoms with Crippen LogP contribution in [-0.4, -0.2) is 12.6 Å². The van der Waals surface area contributed by atoms with Crippen molar-refractivity contribution in [3.8, 4) is 17.2 Å². The molecule has 0 spiro atoms. The summed E-state index contributed by atoms with van der Waals surface area (Å²) < 4.78 is 0. The molecule has 1 fully saturated rings. The first-order valence-corrected chi connectivity index (χ1v) is 7.68. The molecule has 2 heteroatoms. The predicted molar refractivity (Wildman–Crippen MR) is 85.9 cm³/mol. The zero-order valence-corrected chi connectivity index (χ0v) is 12.2. The number of piperidine rings is 1. The lowest BCUT2D eigenvalue weighted by Crippen LogP contribution is -2.35. The van der Waals surface area contributed by atoms with Crippen LogP contribution in [0.5, 0.6) is 0 Å². The molecule has 21 heavy (non-hydrogen) atoms. The van der Waals surface area contributed by atoms with Gasteiger partial charge in [-0.15, -0.1) is 0 Å². The predicted octanol–water partition coefficient (Wildman–Crippen LogP) is 3.91. The van der Waals surface area contributed by atoms with Crippen LogP contribution in [-0.2, 0) is 6.42 Å². The highest BCUT2D eigenvalue weighted by Gasteiger charge is 2.13. The maximum absolute atomic E-state index is 8.87. The molecule has 0 unspecified atom stereocenters. The van der Waals surface area contributed by atoms with E-state index in [4.69, 9.17) is 5.26 Å². The van der Waals surface area contributed by atoms with Gasteiger partial charge in [0.2, 0.25) is 0 Å². The Morgan fingerprint density at radius 2 is 1.90 bits per heavy atom. The van der Waals surface area contributed by atoms with Gasteiger partial charge in [-0.3, -0.25) is 0 Å². The number of rotatable bonds is 3. The van der Waals surface area contributed by atoms with Gasteiger partial charge in [0.25, 0.3) is 0 Å². The Morgan fingerprint density at radius 3 is 2.62 bits per heavy atom. The number of nitrogens with one attached hydrogen (secondary N) is 1. The van der Waals surface area contributed by atoms with Crippen molar-refractivity contribution < 1.29 is 0 Å². The summed E-state index contributed by atoms with van der Waals surface area (Å²) in [5.74, 6) is 0. The summed E-state index contributed by atoms with van der Waals surface area (Å²) in [4.78, 5) is 0. The number of hydrogen-bond donors (Lipinski definition) is 1. The Hall–Kier alpha value is -2.11. The summed E-state index contributed by atoms with van der Waals surface area (Å²) in [6.45, 7) is 1.15. The molecule has 0 radical (unpaired) electrons. The molecule has 2 nitrogen and oxygen atoms in total. The van der Waals surface area contributed by atoms with E-state index in [0.717, 1.165) is 13.0 Å². The SMILES string of the molecule is N#Cc1ccc(-c2cccc(C[C@@H]3CCCCN3)c2)cc1. The molecule has 2 aromatic carbocycles. The monoisotopic (exact) mass is 276 g/mol. The molecule has 1 aliphatic rings. The molecule has 1 aliphatic heterocycles. The fraction of sp³-hybridized carbons (Fsp3) is 0.316. The Kier molecular flexibility index (Phi) is 4.33. The van der Waals surface area contributed by atoms with Crippen molar-refractivity contribution in [2.45, 2.75) is 31.7 Å². The highest BCUT2D eigenvalue weighted by Crippen LogP contribution is 2.22. The largest absolute Gasteiger partial charge is 0.314 e. The second kappa shape index (κ2) is 6.56. The van der Waals surface area contributed by atoms with Crippen LogP contribution in [0.15, 0.2) is 48.5 Å². The molecule has 0 saturated carbocycles. The van der Waals surface area contributed by atoms with Gasteiger partial charge in [0.15, 0.2) is 0 Å². The van der Waals surface area contributed by atoms with Crippen LogP contribution in [0.25, 0.3) is 11.1 Å². The van der Waals surface area contributed by atoms with Gasteiger partial charge in [0, 0.05) is 6.04 Å². The van der Waals surface area contributed by atoms with Gasteiger partial charge in [-0.1, -0.05) is 42.8 Å². The van der Waals surface area contributed by atoms with Crippen LogP contribution in [0.1, 0.15) is 30.4 Å². The summed E-state index contributed by atoms with van der Waals surface area (Å²) in [5.41, 5.74) is 4.50. The van der Waals surface area contributed by atoms with Gasteiger partial charge in [-0.05, 0) is 54.6 Å². The van der Waals surface area contributed by atoms with E-state index < -0.39 is 0 Å². The van der Waals surface area contributed by atoms with E-state index >= 15 is 0 Å². The van der Waals surface area contributed by atoms with Crippen molar-refractivity contribution >= 4 is 0 Å². The average molecular weight is 276 g/mol. The van der Waals surface area contributed by atoms with Crippen LogP contribution in [0.3, 0.4) is 0 Å². The zero-order chi connectivity index (χ0) is 14.5. The smallest absolute Gasteiger partial charge is 0.0991 e. The molecule has 1 heterocycles. The van der Waals surface area contributed by atoms with Crippen LogP contribution in [0, 0.1) is 11.3 Å². The summed E-state index contributed by atoms with van der Waals surface area (Å²) >= 11 is 0. The Morgan fingerprint density at radius 1 is 1.05 bits per heavy atom. The lowest BCUT2D eigenvalue weighted by molar-refractivity contribution is 0.399. The molecule has 0 aliphatic carbocycles. The fourth-order valence-corrected chi connectivity index (χ4v) is 3.00. The molecule has 1 saturated heterocycles. The summed E-state index contributed by atoms with van der Waals surface area (Å²) in [6.07, 6.45) is 5.03. The topological polar surface area (TPSA) is 35.8 Å². The van der Waals surface area contributed by atoms with E-state index in [0.29, 0.717) is 11.6 Å². The lowest BCUT2D eigenvalue weighted by atomic mass is 9.95. The zero-order valence-electron chi connectivity index (χ0n) is 12.2. The van der Waals surface area contributed by atoms with Crippen molar-refractivity contribution in [2.24, 2.45) is 0 Å². The minimum atomic E-state index is 0.620. The maximum atomic E-state index is 8.87. The summed E-state index contributed by atoms with van der Waals surface area (Å²) in [6, 6.07) is 19.3. The molecular formula is C19H20N2. The molecule has 3 rings (SSSR count). The molecule has 0 amide bonds. The van der Waals surface area contributed by atoms with E-state index in [9.17, 15) is 0 Å². The third kappa shape index (κ3) is 3.51. The van der Waals surface area contributed by atoms with E-state index in [1.165, 1.54) is 36.0 Å². The average Bonchev–Trinajstić information content (AvgIpc) is 2.56. The van der Waals surface area contributed by atoms with Gasteiger partial charge < -0.3 is 5.32 Å². The number of benzene rings is 2. The summed E-state index contributed by atoms with van der Waals surface area (Å²) in [5, 5.41) is 12.5. The van der Waals surface area contributed by atoms with Crippen molar-refractivity contribution in [1.82, 2.24) is 5.32 Å². The third-order valence-electron chi connectivity index (χ3n) is 4.17. The second-order valence-electron chi connectivity index (χ2n) is 5.74. The van der Waals surface area contributed by atoms with Gasteiger partial charge in [0.05, 0.1) is 11.6 Å². The van der Waals surface area contributed by atoms with Crippen LogP contribution in [0.2, 0.25) is 0 Å². The van der Waals surface area contributed by atoms with E-state index in [2.05, 4.69) is 35.7 Å². The van der Waals surface area contributed by atoms with Crippen LogP contribution in [0.4, 0.5) is 0 Å². The van der Waals surface area contributed by atoms with Crippen LogP contribution < -0.4 is 5.32 Å². The minimum Gasteiger partial charge on any atom is -0.314 e. The number of nitriles is 1. The first-order valence-electron chi connectivity index (χ1n) is 7.68. The Balaban J connectivity index is 1.77. The van der Waals surface area contributed by atoms with Crippen molar-refractivity contribution in [3.05, 3.63) is 59.7 Å². The molecule has 1 atom stereocenters. The molecule has 106 valence electrons. The molecule has 1 N–H and O–H groups in total. The number of hydrogen-bond acceptors (Lipinski definition) is 2. The normalized spacial score (nSPS) is 18.1. The van der Waals surface area contributed by atoms with E-state index in [1.54, 1.807) is 0 Å². The van der Waals surface area contributed by atoms with Gasteiger partial charge >= 0.3 is 0 Å². The lowest BCUT2D eigenvalue weighted by Gasteiger charge is -2.23. The summed E-state index contributed by atoms with van der Waals surface area (Å²) in [7, 11) is 0. The minimum absolute atomic E-state index is 0.620. The second-order valence-corrected chi connectivity index (χ2v) is 5.74. The highest BCUT2D eigenvalue weighted by atomic mass is 14.9.